The van der Waals surface area contributed by atoms with Gasteiger partial charge in [-0.15, -0.1) is 0 Å². The molecular formula is C20H24FN3O2. The number of amides is 2. The first-order chi connectivity index (χ1) is 12.6. The van der Waals surface area contributed by atoms with Gasteiger partial charge in [-0.3, -0.25) is 5.32 Å². The second-order valence-electron chi connectivity index (χ2n) is 6.66. The van der Waals surface area contributed by atoms with Gasteiger partial charge in [0.1, 0.15) is 17.4 Å². The molecule has 0 aliphatic heterocycles. The average molecular weight is 357 g/mol. The van der Waals surface area contributed by atoms with Crippen LogP contribution in [-0.2, 0) is 0 Å². The maximum absolute atomic E-state index is 13.5. The molecule has 0 atom stereocenters. The van der Waals surface area contributed by atoms with Crippen LogP contribution >= 0.6 is 0 Å². The molecule has 1 aliphatic carbocycles. The minimum Gasteiger partial charge on any atom is -0.496 e. The van der Waals surface area contributed by atoms with Crippen LogP contribution in [0.25, 0.3) is 11.1 Å². The van der Waals surface area contributed by atoms with Gasteiger partial charge in [-0.05, 0) is 49.1 Å². The van der Waals surface area contributed by atoms with E-state index in [4.69, 9.17) is 4.74 Å². The molecular weight excluding hydrogens is 333 g/mol. The number of nitrogens with zero attached hydrogens (tertiary/aromatic N) is 1. The van der Waals surface area contributed by atoms with Crippen molar-refractivity contribution < 1.29 is 13.9 Å². The molecule has 0 saturated heterocycles. The number of ether oxygens (including phenoxy) is 1. The molecule has 1 fully saturated rings. The van der Waals surface area contributed by atoms with Gasteiger partial charge in [0, 0.05) is 23.9 Å². The van der Waals surface area contributed by atoms with Crippen LogP contribution in [0.4, 0.5) is 15.0 Å². The molecule has 0 bridgehead atoms. The van der Waals surface area contributed by atoms with E-state index in [1.54, 1.807) is 18.3 Å². The topological polar surface area (TPSA) is 63.2 Å². The number of hydrogen-bond donors (Lipinski definition) is 2. The van der Waals surface area contributed by atoms with Crippen molar-refractivity contribution in [3.63, 3.8) is 0 Å². The Balaban J connectivity index is 1.78. The van der Waals surface area contributed by atoms with Gasteiger partial charge in [-0.2, -0.15) is 0 Å². The van der Waals surface area contributed by atoms with Crippen molar-refractivity contribution in [3.8, 4) is 16.9 Å². The Kier molecular flexibility index (Phi) is 5.71. The number of rotatable bonds is 4. The number of carbonyl (C=O) groups excluding carboxylic acids is 1. The first kappa shape index (κ1) is 18.2. The van der Waals surface area contributed by atoms with Crippen molar-refractivity contribution in [3.05, 3.63) is 41.8 Å². The van der Waals surface area contributed by atoms with Crippen LogP contribution in [0, 0.1) is 12.7 Å². The van der Waals surface area contributed by atoms with E-state index in [1.807, 2.05) is 6.92 Å². The van der Waals surface area contributed by atoms with Gasteiger partial charge in [0.15, 0.2) is 0 Å². The zero-order valence-corrected chi connectivity index (χ0v) is 15.1. The summed E-state index contributed by atoms with van der Waals surface area (Å²) in [5, 5.41) is 5.81. The number of aryl methyl sites for hydroxylation is 1. The Hall–Kier alpha value is -2.63. The summed E-state index contributed by atoms with van der Waals surface area (Å²) in [5.74, 6) is 0.532. The highest BCUT2D eigenvalue weighted by Gasteiger charge is 2.17. The van der Waals surface area contributed by atoms with Crippen LogP contribution in [0.3, 0.4) is 0 Å². The number of benzene rings is 1. The predicted molar refractivity (Wildman–Crippen MR) is 99.9 cm³/mol. The lowest BCUT2D eigenvalue weighted by atomic mass is 9.96. The number of aromatic nitrogens is 1. The monoisotopic (exact) mass is 357 g/mol. The predicted octanol–water partition coefficient (Wildman–Crippen LogP) is 4.66. The van der Waals surface area contributed by atoms with E-state index >= 15 is 0 Å². The van der Waals surface area contributed by atoms with Gasteiger partial charge in [-0.25, -0.2) is 14.2 Å². The summed E-state index contributed by atoms with van der Waals surface area (Å²) >= 11 is 0. The van der Waals surface area contributed by atoms with Crippen LogP contribution in [0.15, 0.2) is 30.5 Å². The maximum Gasteiger partial charge on any atom is 0.320 e. The Bertz CT molecular complexity index is 789. The molecule has 1 aliphatic rings. The Morgan fingerprint density at radius 3 is 2.69 bits per heavy atom. The largest absolute Gasteiger partial charge is 0.496 e. The van der Waals surface area contributed by atoms with E-state index in [1.165, 1.54) is 25.7 Å². The molecule has 1 aromatic heterocycles. The molecule has 26 heavy (non-hydrogen) atoms. The van der Waals surface area contributed by atoms with Crippen molar-refractivity contribution >= 4 is 11.8 Å². The van der Waals surface area contributed by atoms with Gasteiger partial charge in [0.2, 0.25) is 0 Å². The van der Waals surface area contributed by atoms with Gasteiger partial charge < -0.3 is 10.1 Å². The maximum atomic E-state index is 13.5. The minimum atomic E-state index is -0.359. The summed E-state index contributed by atoms with van der Waals surface area (Å²) in [6.45, 7) is 1.91. The highest BCUT2D eigenvalue weighted by molar-refractivity contribution is 5.89. The van der Waals surface area contributed by atoms with Gasteiger partial charge in [0.25, 0.3) is 0 Å². The molecule has 2 N–H and O–H groups in total. The normalized spacial score (nSPS) is 14.7. The smallest absolute Gasteiger partial charge is 0.320 e. The van der Waals surface area contributed by atoms with E-state index < -0.39 is 0 Å². The van der Waals surface area contributed by atoms with E-state index in [2.05, 4.69) is 15.6 Å². The van der Waals surface area contributed by atoms with Gasteiger partial charge in [0.05, 0.1) is 7.11 Å². The molecule has 2 aromatic rings. The molecule has 2 amide bonds. The molecule has 138 valence electrons. The van der Waals surface area contributed by atoms with Crippen LogP contribution < -0.4 is 15.4 Å². The fourth-order valence-electron chi connectivity index (χ4n) is 3.35. The lowest BCUT2D eigenvalue weighted by Gasteiger charge is -2.22. The summed E-state index contributed by atoms with van der Waals surface area (Å²) in [5.41, 5.74) is 2.50. The molecule has 1 heterocycles. The van der Waals surface area contributed by atoms with Crippen LogP contribution in [0.2, 0.25) is 0 Å². The number of nitrogens with one attached hydrogen (secondary N) is 2. The molecule has 0 unspecified atom stereocenters. The number of halogens is 1. The highest BCUT2D eigenvalue weighted by atomic mass is 19.1. The lowest BCUT2D eigenvalue weighted by molar-refractivity contribution is 0.244. The second-order valence-corrected chi connectivity index (χ2v) is 6.66. The Morgan fingerprint density at radius 1 is 1.19 bits per heavy atom. The van der Waals surface area contributed by atoms with Gasteiger partial charge >= 0.3 is 6.03 Å². The quantitative estimate of drug-likeness (QED) is 0.836. The fourth-order valence-corrected chi connectivity index (χ4v) is 3.35. The van der Waals surface area contributed by atoms with Crippen LogP contribution in [0.1, 0.15) is 37.7 Å². The van der Waals surface area contributed by atoms with E-state index in [-0.39, 0.29) is 17.9 Å². The second kappa shape index (κ2) is 8.17. The third-order valence-corrected chi connectivity index (χ3v) is 4.74. The number of carbonyl (C=O) groups is 1. The van der Waals surface area contributed by atoms with Crippen LogP contribution in [0.5, 0.6) is 5.75 Å². The molecule has 0 spiro atoms. The number of pyridine rings is 1. The minimum absolute atomic E-state index is 0.228. The standard InChI is InChI=1S/C20H24FN3O2/c1-13-12-22-19(24-20(25)23-15-6-4-3-5-7-15)11-17(13)16-9-8-14(21)10-18(16)26-2/h8-12,15H,3-7H2,1-2H3,(H2,22,23,24,25). The van der Waals surface area contributed by atoms with E-state index in [0.29, 0.717) is 11.6 Å². The number of urea groups is 1. The summed E-state index contributed by atoms with van der Waals surface area (Å²) in [7, 11) is 1.51. The molecule has 5 nitrogen and oxygen atoms in total. The lowest BCUT2D eigenvalue weighted by Crippen LogP contribution is -2.39. The Labute approximate surface area is 153 Å². The molecule has 6 heteroatoms. The molecule has 1 saturated carbocycles. The fraction of sp³-hybridized carbons (Fsp3) is 0.400. The average Bonchev–Trinajstić information content (AvgIpc) is 2.64. The van der Waals surface area contributed by atoms with Gasteiger partial charge in [-0.1, -0.05) is 19.3 Å². The van der Waals surface area contributed by atoms with Crippen LogP contribution in [-0.4, -0.2) is 24.2 Å². The van der Waals surface area contributed by atoms with Crippen molar-refractivity contribution in [1.82, 2.24) is 10.3 Å². The summed E-state index contributed by atoms with van der Waals surface area (Å²) in [6, 6.07) is 6.17. The zero-order valence-electron chi connectivity index (χ0n) is 15.1. The summed E-state index contributed by atoms with van der Waals surface area (Å²) in [6.07, 6.45) is 7.28. The summed E-state index contributed by atoms with van der Waals surface area (Å²) < 4.78 is 18.8. The van der Waals surface area contributed by atoms with E-state index in [0.717, 1.165) is 42.4 Å². The van der Waals surface area contributed by atoms with Crippen molar-refractivity contribution in [2.45, 2.75) is 45.1 Å². The highest BCUT2D eigenvalue weighted by Crippen LogP contribution is 2.33. The first-order valence-corrected chi connectivity index (χ1v) is 8.95. The summed E-state index contributed by atoms with van der Waals surface area (Å²) in [4.78, 5) is 16.5. The first-order valence-electron chi connectivity index (χ1n) is 8.95. The SMILES string of the molecule is COc1cc(F)ccc1-c1cc(NC(=O)NC2CCCCC2)ncc1C. The number of anilines is 1. The third kappa shape index (κ3) is 4.31. The molecule has 0 radical (unpaired) electrons. The molecule has 1 aromatic carbocycles. The molecule has 3 rings (SSSR count). The number of methoxy groups -OCH3 is 1. The van der Waals surface area contributed by atoms with E-state index in [9.17, 15) is 9.18 Å². The Morgan fingerprint density at radius 2 is 1.96 bits per heavy atom. The third-order valence-electron chi connectivity index (χ3n) is 4.74. The van der Waals surface area contributed by atoms with Crippen molar-refractivity contribution in [2.75, 3.05) is 12.4 Å². The van der Waals surface area contributed by atoms with Crippen molar-refractivity contribution in [1.29, 1.82) is 0 Å². The zero-order chi connectivity index (χ0) is 18.5. The van der Waals surface area contributed by atoms with Crippen molar-refractivity contribution in [2.24, 2.45) is 0 Å². The number of hydrogen-bond acceptors (Lipinski definition) is 3.